The Balaban J connectivity index is 2.02. The highest BCUT2D eigenvalue weighted by molar-refractivity contribution is 5.14. The van der Waals surface area contributed by atoms with Crippen LogP contribution in [-0.4, -0.2) is 54.2 Å². The molecule has 2 rings (SSSR count). The van der Waals surface area contributed by atoms with Gasteiger partial charge in [0.1, 0.15) is 0 Å². The molecule has 1 aliphatic rings. The van der Waals surface area contributed by atoms with E-state index < -0.39 is 0 Å². The summed E-state index contributed by atoms with van der Waals surface area (Å²) < 4.78 is 0. The standard InChI is InChI=1S/C15H24N2O/c1-13-8-16(2)15(12-18)11-17(9-13)10-14-6-4-3-5-7-14/h3-7,13,15,18H,8-12H2,1-2H3. The van der Waals surface area contributed by atoms with Crippen molar-refractivity contribution in [2.24, 2.45) is 5.92 Å². The molecule has 0 saturated carbocycles. The fourth-order valence-corrected chi connectivity index (χ4v) is 2.82. The first kappa shape index (κ1) is 13.5. The second-order valence-corrected chi connectivity index (χ2v) is 5.56. The number of rotatable bonds is 3. The van der Waals surface area contributed by atoms with Gasteiger partial charge in [0.25, 0.3) is 0 Å². The summed E-state index contributed by atoms with van der Waals surface area (Å²) in [5.41, 5.74) is 1.35. The summed E-state index contributed by atoms with van der Waals surface area (Å²) in [4.78, 5) is 4.75. The van der Waals surface area contributed by atoms with Crippen molar-refractivity contribution in [3.05, 3.63) is 35.9 Å². The Labute approximate surface area is 110 Å². The van der Waals surface area contributed by atoms with Crippen LogP contribution in [-0.2, 0) is 6.54 Å². The van der Waals surface area contributed by atoms with Crippen LogP contribution in [0.3, 0.4) is 0 Å². The average molecular weight is 248 g/mol. The molecule has 1 N–H and O–H groups in total. The van der Waals surface area contributed by atoms with E-state index in [1.165, 1.54) is 5.56 Å². The molecular weight excluding hydrogens is 224 g/mol. The van der Waals surface area contributed by atoms with Crippen LogP contribution in [0.2, 0.25) is 0 Å². The van der Waals surface area contributed by atoms with Crippen molar-refractivity contribution in [2.45, 2.75) is 19.5 Å². The first-order valence-corrected chi connectivity index (χ1v) is 6.76. The van der Waals surface area contributed by atoms with E-state index in [2.05, 4.69) is 54.1 Å². The van der Waals surface area contributed by atoms with Crippen molar-refractivity contribution in [1.29, 1.82) is 0 Å². The molecule has 0 aliphatic carbocycles. The van der Waals surface area contributed by atoms with E-state index in [-0.39, 0.29) is 12.6 Å². The molecule has 1 aromatic rings. The summed E-state index contributed by atoms with van der Waals surface area (Å²) in [5, 5.41) is 9.49. The number of aliphatic hydroxyl groups excluding tert-OH is 1. The molecule has 1 fully saturated rings. The van der Waals surface area contributed by atoms with E-state index in [4.69, 9.17) is 0 Å². The van der Waals surface area contributed by atoms with Crippen LogP contribution in [0, 0.1) is 5.92 Å². The van der Waals surface area contributed by atoms with Gasteiger partial charge in [-0.3, -0.25) is 9.80 Å². The summed E-state index contributed by atoms with van der Waals surface area (Å²) in [6.07, 6.45) is 0. The van der Waals surface area contributed by atoms with Gasteiger partial charge >= 0.3 is 0 Å². The molecule has 0 radical (unpaired) electrons. The topological polar surface area (TPSA) is 26.7 Å². The van der Waals surface area contributed by atoms with Gasteiger partial charge in [0.2, 0.25) is 0 Å². The van der Waals surface area contributed by atoms with E-state index in [0.29, 0.717) is 5.92 Å². The van der Waals surface area contributed by atoms with Crippen molar-refractivity contribution in [3.63, 3.8) is 0 Å². The van der Waals surface area contributed by atoms with Gasteiger partial charge in [-0.05, 0) is 18.5 Å². The van der Waals surface area contributed by atoms with Crippen molar-refractivity contribution >= 4 is 0 Å². The Morgan fingerprint density at radius 1 is 1.17 bits per heavy atom. The summed E-state index contributed by atoms with van der Waals surface area (Å²) >= 11 is 0. The smallest absolute Gasteiger partial charge is 0.0599 e. The lowest BCUT2D eigenvalue weighted by atomic mass is 10.1. The number of likely N-dealkylation sites (N-methyl/N-ethyl adjacent to an activating group) is 1. The molecule has 1 aromatic carbocycles. The van der Waals surface area contributed by atoms with E-state index in [1.807, 2.05) is 0 Å². The zero-order valence-corrected chi connectivity index (χ0v) is 11.4. The van der Waals surface area contributed by atoms with Gasteiger partial charge < -0.3 is 5.11 Å². The van der Waals surface area contributed by atoms with Crippen LogP contribution < -0.4 is 0 Å². The highest BCUT2D eigenvalue weighted by Crippen LogP contribution is 2.15. The van der Waals surface area contributed by atoms with Gasteiger partial charge in [-0.25, -0.2) is 0 Å². The lowest BCUT2D eigenvalue weighted by Crippen LogP contribution is -2.41. The fraction of sp³-hybridized carbons (Fsp3) is 0.600. The largest absolute Gasteiger partial charge is 0.395 e. The summed E-state index contributed by atoms with van der Waals surface area (Å²) in [6, 6.07) is 10.8. The van der Waals surface area contributed by atoms with Crippen LogP contribution >= 0.6 is 0 Å². The Bertz CT molecular complexity index is 355. The Morgan fingerprint density at radius 3 is 2.56 bits per heavy atom. The number of nitrogens with zero attached hydrogens (tertiary/aromatic N) is 2. The number of benzene rings is 1. The van der Waals surface area contributed by atoms with Crippen molar-refractivity contribution in [3.8, 4) is 0 Å². The molecule has 1 heterocycles. The zero-order chi connectivity index (χ0) is 13.0. The monoisotopic (exact) mass is 248 g/mol. The third-order valence-electron chi connectivity index (χ3n) is 3.72. The highest BCUT2D eigenvalue weighted by Gasteiger charge is 2.25. The number of hydrogen-bond acceptors (Lipinski definition) is 3. The maximum absolute atomic E-state index is 9.49. The number of hydrogen-bond donors (Lipinski definition) is 1. The fourth-order valence-electron chi connectivity index (χ4n) is 2.82. The molecule has 1 saturated heterocycles. The van der Waals surface area contributed by atoms with Gasteiger partial charge in [0, 0.05) is 32.2 Å². The SMILES string of the molecule is CC1CN(Cc2ccccc2)CC(CO)N(C)C1. The summed E-state index contributed by atoms with van der Waals surface area (Å²) in [7, 11) is 2.11. The van der Waals surface area contributed by atoms with Crippen molar-refractivity contribution < 1.29 is 5.11 Å². The third-order valence-corrected chi connectivity index (χ3v) is 3.72. The van der Waals surface area contributed by atoms with Crippen LogP contribution in [0.5, 0.6) is 0 Å². The van der Waals surface area contributed by atoms with E-state index in [0.717, 1.165) is 26.2 Å². The molecule has 3 nitrogen and oxygen atoms in total. The first-order chi connectivity index (χ1) is 8.69. The van der Waals surface area contributed by atoms with Crippen LogP contribution in [0.15, 0.2) is 30.3 Å². The zero-order valence-electron chi connectivity index (χ0n) is 11.4. The minimum absolute atomic E-state index is 0.245. The number of aliphatic hydroxyl groups is 1. The second-order valence-electron chi connectivity index (χ2n) is 5.56. The van der Waals surface area contributed by atoms with Gasteiger partial charge in [-0.15, -0.1) is 0 Å². The second kappa shape index (κ2) is 6.32. The van der Waals surface area contributed by atoms with Gasteiger partial charge in [-0.2, -0.15) is 0 Å². The van der Waals surface area contributed by atoms with Gasteiger partial charge in [0.15, 0.2) is 0 Å². The minimum atomic E-state index is 0.245. The minimum Gasteiger partial charge on any atom is -0.395 e. The Kier molecular flexibility index (Phi) is 4.75. The van der Waals surface area contributed by atoms with Crippen LogP contribution in [0.25, 0.3) is 0 Å². The van der Waals surface area contributed by atoms with Crippen molar-refractivity contribution in [1.82, 2.24) is 9.80 Å². The summed E-state index contributed by atoms with van der Waals surface area (Å²) in [5.74, 6) is 0.648. The average Bonchev–Trinajstić information content (AvgIpc) is 2.49. The van der Waals surface area contributed by atoms with E-state index >= 15 is 0 Å². The summed E-state index contributed by atoms with van der Waals surface area (Å²) in [6.45, 7) is 6.64. The lowest BCUT2D eigenvalue weighted by Gasteiger charge is -2.27. The molecule has 100 valence electrons. The van der Waals surface area contributed by atoms with Crippen LogP contribution in [0.4, 0.5) is 0 Å². The normalized spacial score (nSPS) is 27.1. The predicted octanol–water partition coefficient (Wildman–Crippen LogP) is 1.43. The molecule has 2 unspecified atom stereocenters. The Hall–Kier alpha value is -0.900. The van der Waals surface area contributed by atoms with Gasteiger partial charge in [0.05, 0.1) is 6.61 Å². The van der Waals surface area contributed by atoms with Crippen LogP contribution in [0.1, 0.15) is 12.5 Å². The molecule has 3 heteroatoms. The molecule has 0 spiro atoms. The highest BCUT2D eigenvalue weighted by atomic mass is 16.3. The van der Waals surface area contributed by atoms with Crippen molar-refractivity contribution in [2.75, 3.05) is 33.3 Å². The lowest BCUT2D eigenvalue weighted by molar-refractivity contribution is 0.128. The molecule has 0 bridgehead atoms. The molecule has 1 aliphatic heterocycles. The van der Waals surface area contributed by atoms with E-state index in [1.54, 1.807) is 0 Å². The first-order valence-electron chi connectivity index (χ1n) is 6.76. The molecule has 18 heavy (non-hydrogen) atoms. The maximum atomic E-state index is 9.49. The predicted molar refractivity (Wildman–Crippen MR) is 74.4 cm³/mol. The maximum Gasteiger partial charge on any atom is 0.0599 e. The quantitative estimate of drug-likeness (QED) is 0.876. The molecule has 2 atom stereocenters. The molecule has 0 aromatic heterocycles. The van der Waals surface area contributed by atoms with Gasteiger partial charge in [-0.1, -0.05) is 37.3 Å². The Morgan fingerprint density at radius 2 is 1.89 bits per heavy atom. The third kappa shape index (κ3) is 3.55. The molecule has 0 amide bonds. The van der Waals surface area contributed by atoms with E-state index in [9.17, 15) is 5.11 Å². The molecular formula is C15H24N2O.